The largest absolute Gasteiger partial charge is 0.395 e. The molecule has 0 aliphatic heterocycles. The van der Waals surface area contributed by atoms with Gasteiger partial charge in [-0.15, -0.1) is 11.8 Å². The molecule has 0 unspecified atom stereocenters. The molecule has 0 aliphatic carbocycles. The van der Waals surface area contributed by atoms with E-state index in [1.165, 1.54) is 11.0 Å². The minimum absolute atomic E-state index is 0.0391. The number of halogens is 2. The lowest BCUT2D eigenvalue weighted by Crippen LogP contribution is -2.37. The molecule has 0 saturated carbocycles. The number of aliphatic hydroxyl groups excluding tert-OH is 2. The van der Waals surface area contributed by atoms with E-state index in [0.29, 0.717) is 0 Å². The molecular weight excluding hydrogens is 276 g/mol. The highest BCUT2D eigenvalue weighted by Gasteiger charge is 2.14. The second kappa shape index (κ2) is 8.08. The molecule has 7 heteroatoms. The number of hydrogen-bond donors (Lipinski definition) is 2. The van der Waals surface area contributed by atoms with Crippen molar-refractivity contribution in [1.29, 1.82) is 0 Å². The average molecular weight is 291 g/mol. The Bertz CT molecular complexity index is 425. The molecule has 0 heterocycles. The van der Waals surface area contributed by atoms with Crippen LogP contribution in [0, 0.1) is 11.6 Å². The molecule has 1 amide bonds. The molecule has 4 nitrogen and oxygen atoms in total. The maximum absolute atomic E-state index is 13.3. The zero-order valence-electron chi connectivity index (χ0n) is 10.2. The van der Waals surface area contributed by atoms with Crippen LogP contribution in [-0.2, 0) is 4.79 Å². The third-order valence-corrected chi connectivity index (χ3v) is 3.37. The summed E-state index contributed by atoms with van der Waals surface area (Å²) in [6, 6.07) is 3.15. The molecule has 2 N–H and O–H groups in total. The summed E-state index contributed by atoms with van der Waals surface area (Å²) in [7, 11) is 0. The van der Waals surface area contributed by atoms with E-state index in [1.807, 2.05) is 0 Å². The highest BCUT2D eigenvalue weighted by molar-refractivity contribution is 8.00. The summed E-state index contributed by atoms with van der Waals surface area (Å²) in [4.78, 5) is 13.2. The number of hydrogen-bond acceptors (Lipinski definition) is 4. The van der Waals surface area contributed by atoms with Gasteiger partial charge in [-0.2, -0.15) is 0 Å². The van der Waals surface area contributed by atoms with E-state index in [4.69, 9.17) is 10.2 Å². The number of amides is 1. The van der Waals surface area contributed by atoms with Gasteiger partial charge in [0.2, 0.25) is 5.91 Å². The van der Waals surface area contributed by atoms with Crippen molar-refractivity contribution in [2.75, 3.05) is 32.1 Å². The fourth-order valence-corrected chi connectivity index (χ4v) is 2.25. The van der Waals surface area contributed by atoms with Crippen LogP contribution in [0.15, 0.2) is 23.1 Å². The van der Waals surface area contributed by atoms with E-state index in [9.17, 15) is 13.6 Å². The number of aliphatic hydroxyl groups is 2. The van der Waals surface area contributed by atoms with E-state index < -0.39 is 11.6 Å². The fraction of sp³-hybridized carbons (Fsp3) is 0.417. The van der Waals surface area contributed by atoms with Gasteiger partial charge < -0.3 is 15.1 Å². The molecule has 19 heavy (non-hydrogen) atoms. The average Bonchev–Trinajstić information content (AvgIpc) is 2.37. The van der Waals surface area contributed by atoms with Gasteiger partial charge in [-0.05, 0) is 12.1 Å². The van der Waals surface area contributed by atoms with E-state index in [1.54, 1.807) is 0 Å². The van der Waals surface area contributed by atoms with Crippen molar-refractivity contribution in [3.05, 3.63) is 29.8 Å². The van der Waals surface area contributed by atoms with Gasteiger partial charge in [-0.25, -0.2) is 8.78 Å². The monoisotopic (exact) mass is 291 g/mol. The van der Waals surface area contributed by atoms with Crippen molar-refractivity contribution in [3.63, 3.8) is 0 Å². The van der Waals surface area contributed by atoms with Crippen LogP contribution in [0.2, 0.25) is 0 Å². The van der Waals surface area contributed by atoms with Crippen molar-refractivity contribution in [2.24, 2.45) is 0 Å². The molecule has 1 aromatic carbocycles. The third kappa shape index (κ3) is 5.14. The van der Waals surface area contributed by atoms with Gasteiger partial charge in [-0.3, -0.25) is 4.79 Å². The lowest BCUT2D eigenvalue weighted by atomic mass is 10.3. The number of nitrogens with zero attached hydrogens (tertiary/aromatic N) is 1. The molecule has 1 rings (SSSR count). The Morgan fingerprint density at radius 2 is 1.84 bits per heavy atom. The van der Waals surface area contributed by atoms with Crippen LogP contribution in [0.25, 0.3) is 0 Å². The summed E-state index contributed by atoms with van der Waals surface area (Å²) < 4.78 is 26.0. The van der Waals surface area contributed by atoms with E-state index >= 15 is 0 Å². The van der Waals surface area contributed by atoms with Crippen molar-refractivity contribution in [3.8, 4) is 0 Å². The molecular formula is C12H15F2NO3S. The van der Waals surface area contributed by atoms with Crippen LogP contribution in [0.5, 0.6) is 0 Å². The molecule has 0 radical (unpaired) electrons. The van der Waals surface area contributed by atoms with Gasteiger partial charge in [0.25, 0.3) is 0 Å². The van der Waals surface area contributed by atoms with Gasteiger partial charge in [0, 0.05) is 24.1 Å². The Kier molecular flexibility index (Phi) is 6.75. The Hall–Kier alpha value is -1.18. The maximum Gasteiger partial charge on any atom is 0.233 e. The topological polar surface area (TPSA) is 60.8 Å². The number of rotatable bonds is 7. The number of carbonyl (C=O) groups is 1. The summed E-state index contributed by atoms with van der Waals surface area (Å²) >= 11 is 0.948. The molecule has 0 aliphatic rings. The Balaban J connectivity index is 2.56. The van der Waals surface area contributed by atoms with Gasteiger partial charge in [0.1, 0.15) is 11.6 Å². The maximum atomic E-state index is 13.3. The SMILES string of the molecule is O=C(CSc1ccc(F)cc1F)N(CCO)CCO. The highest BCUT2D eigenvalue weighted by atomic mass is 32.2. The zero-order valence-corrected chi connectivity index (χ0v) is 11.0. The summed E-state index contributed by atoms with van der Waals surface area (Å²) in [6.45, 7) is -0.180. The van der Waals surface area contributed by atoms with E-state index in [-0.39, 0.29) is 42.9 Å². The van der Waals surface area contributed by atoms with Crippen LogP contribution >= 0.6 is 11.8 Å². The second-order valence-corrected chi connectivity index (χ2v) is 4.71. The van der Waals surface area contributed by atoms with Crippen molar-refractivity contribution in [2.45, 2.75) is 4.90 Å². The first kappa shape index (κ1) is 15.9. The lowest BCUT2D eigenvalue weighted by Gasteiger charge is -2.20. The molecule has 1 aromatic rings. The first-order valence-electron chi connectivity index (χ1n) is 5.65. The lowest BCUT2D eigenvalue weighted by molar-refractivity contribution is -0.129. The van der Waals surface area contributed by atoms with Gasteiger partial charge in [0.15, 0.2) is 0 Å². The van der Waals surface area contributed by atoms with Crippen LogP contribution in [0.4, 0.5) is 8.78 Å². The molecule has 0 saturated heterocycles. The smallest absolute Gasteiger partial charge is 0.233 e. The molecule has 0 bridgehead atoms. The predicted octanol–water partition coefficient (Wildman–Crippen LogP) is 0.870. The third-order valence-electron chi connectivity index (χ3n) is 2.34. The second-order valence-electron chi connectivity index (χ2n) is 3.69. The molecule has 0 aromatic heterocycles. The molecule has 0 spiro atoms. The van der Waals surface area contributed by atoms with Gasteiger partial charge in [-0.1, -0.05) is 0 Å². The normalized spacial score (nSPS) is 10.5. The first-order valence-corrected chi connectivity index (χ1v) is 6.64. The number of thioether (sulfide) groups is 1. The molecule has 0 fully saturated rings. The fourth-order valence-electron chi connectivity index (χ4n) is 1.43. The van der Waals surface area contributed by atoms with Crippen LogP contribution in [0.1, 0.15) is 0 Å². The summed E-state index contributed by atoms with van der Waals surface area (Å²) in [5, 5.41) is 17.6. The Morgan fingerprint density at radius 1 is 1.21 bits per heavy atom. The zero-order chi connectivity index (χ0) is 14.3. The van der Waals surface area contributed by atoms with E-state index in [0.717, 1.165) is 23.9 Å². The van der Waals surface area contributed by atoms with Crippen molar-refractivity contribution < 1.29 is 23.8 Å². The van der Waals surface area contributed by atoms with Gasteiger partial charge >= 0.3 is 0 Å². The predicted molar refractivity (Wildman–Crippen MR) is 67.8 cm³/mol. The van der Waals surface area contributed by atoms with Gasteiger partial charge in [0.05, 0.1) is 19.0 Å². The highest BCUT2D eigenvalue weighted by Crippen LogP contribution is 2.22. The standard InChI is InChI=1S/C12H15F2NO3S/c13-9-1-2-11(10(14)7-9)19-8-12(18)15(3-5-16)4-6-17/h1-2,7,16-17H,3-6,8H2. The number of carbonyl (C=O) groups excluding carboxylic acids is 1. The Labute approximate surface area is 114 Å². The number of benzene rings is 1. The Morgan fingerprint density at radius 3 is 2.37 bits per heavy atom. The summed E-state index contributed by atoms with van der Waals surface area (Å²) in [6.07, 6.45) is 0. The minimum Gasteiger partial charge on any atom is -0.395 e. The van der Waals surface area contributed by atoms with Crippen molar-refractivity contribution >= 4 is 17.7 Å². The molecule has 0 atom stereocenters. The van der Waals surface area contributed by atoms with Crippen LogP contribution in [-0.4, -0.2) is 53.1 Å². The molecule has 106 valence electrons. The van der Waals surface area contributed by atoms with Crippen LogP contribution in [0.3, 0.4) is 0 Å². The van der Waals surface area contributed by atoms with Crippen LogP contribution < -0.4 is 0 Å². The van der Waals surface area contributed by atoms with E-state index in [2.05, 4.69) is 0 Å². The first-order chi connectivity index (χ1) is 9.08. The quantitative estimate of drug-likeness (QED) is 0.732. The minimum atomic E-state index is -0.714. The van der Waals surface area contributed by atoms with Crippen molar-refractivity contribution in [1.82, 2.24) is 4.90 Å². The summed E-state index contributed by atoms with van der Waals surface area (Å²) in [5.41, 5.74) is 0. The summed E-state index contributed by atoms with van der Waals surface area (Å²) in [5.74, 6) is -1.75.